The van der Waals surface area contributed by atoms with Gasteiger partial charge in [0.15, 0.2) is 0 Å². The molecule has 0 fully saturated rings. The highest BCUT2D eigenvalue weighted by atomic mass is 16.2. The summed E-state index contributed by atoms with van der Waals surface area (Å²) in [5.41, 5.74) is 1.28. The van der Waals surface area contributed by atoms with Crippen molar-refractivity contribution in [3.8, 4) is 0 Å². The van der Waals surface area contributed by atoms with Gasteiger partial charge in [0.05, 0.1) is 12.6 Å². The highest BCUT2D eigenvalue weighted by Gasteiger charge is 2.25. The number of rotatable bonds is 7. The lowest BCUT2D eigenvalue weighted by atomic mass is 10.1. The molecule has 0 heterocycles. The second-order valence-corrected chi connectivity index (χ2v) is 7.70. The van der Waals surface area contributed by atoms with Crippen molar-refractivity contribution in [1.82, 2.24) is 15.5 Å². The third-order valence-electron chi connectivity index (χ3n) is 3.93. The molecule has 0 saturated carbocycles. The average Bonchev–Trinajstić information content (AvgIpc) is 2.54. The fourth-order valence-electron chi connectivity index (χ4n) is 2.54. The number of hydrogen-bond donors (Lipinski definition) is 3. The van der Waals surface area contributed by atoms with Crippen molar-refractivity contribution in [3.05, 3.63) is 29.8 Å². The molecule has 7 heteroatoms. The van der Waals surface area contributed by atoms with Crippen LogP contribution in [0.25, 0.3) is 0 Å². The van der Waals surface area contributed by atoms with Crippen LogP contribution >= 0.6 is 0 Å². The van der Waals surface area contributed by atoms with Gasteiger partial charge in [-0.2, -0.15) is 0 Å². The molecule has 27 heavy (non-hydrogen) atoms. The van der Waals surface area contributed by atoms with Crippen LogP contribution in [-0.4, -0.2) is 47.4 Å². The zero-order valence-electron chi connectivity index (χ0n) is 17.2. The summed E-state index contributed by atoms with van der Waals surface area (Å²) in [4.78, 5) is 38.5. The first-order valence-electron chi connectivity index (χ1n) is 9.26. The quantitative estimate of drug-likeness (QED) is 0.682. The molecule has 4 amide bonds. The molecule has 1 rings (SSSR count). The van der Waals surface area contributed by atoms with Crippen LogP contribution in [0.1, 0.15) is 46.6 Å². The van der Waals surface area contributed by atoms with Crippen LogP contribution in [-0.2, 0) is 9.59 Å². The summed E-state index contributed by atoms with van der Waals surface area (Å²) >= 11 is 0. The number of carbonyl (C=O) groups is 3. The van der Waals surface area contributed by atoms with Crippen LogP contribution in [0.4, 0.5) is 10.5 Å². The lowest BCUT2D eigenvalue weighted by molar-refractivity contribution is -0.126. The van der Waals surface area contributed by atoms with E-state index in [0.29, 0.717) is 6.54 Å². The molecule has 0 spiro atoms. The summed E-state index contributed by atoms with van der Waals surface area (Å²) < 4.78 is 0. The van der Waals surface area contributed by atoms with Gasteiger partial charge in [0, 0.05) is 11.2 Å². The third kappa shape index (κ3) is 8.21. The SMILES string of the molecule is CCCN(CC(=O)Nc1ccccc1C)C(C)C(=O)NC(=O)NC(C)(C)C. The molecule has 1 aromatic rings. The zero-order valence-corrected chi connectivity index (χ0v) is 17.2. The first kappa shape index (κ1) is 22.6. The van der Waals surface area contributed by atoms with E-state index in [0.717, 1.165) is 17.7 Å². The molecule has 0 aliphatic carbocycles. The van der Waals surface area contributed by atoms with Crippen molar-refractivity contribution in [3.63, 3.8) is 0 Å². The fourth-order valence-corrected chi connectivity index (χ4v) is 2.54. The Morgan fingerprint density at radius 2 is 1.78 bits per heavy atom. The number of carbonyl (C=O) groups excluding carboxylic acids is 3. The number of hydrogen-bond acceptors (Lipinski definition) is 4. The normalized spacial score (nSPS) is 12.4. The van der Waals surface area contributed by atoms with Gasteiger partial charge in [0.1, 0.15) is 0 Å². The lowest BCUT2D eigenvalue weighted by Gasteiger charge is -2.28. The number of urea groups is 1. The number of aryl methyl sites for hydroxylation is 1. The molecular formula is C20H32N4O3. The van der Waals surface area contributed by atoms with E-state index >= 15 is 0 Å². The Balaban J connectivity index is 2.70. The maximum atomic E-state index is 12.4. The summed E-state index contributed by atoms with van der Waals surface area (Å²) in [6.45, 7) is 11.7. The number of para-hydroxylation sites is 1. The van der Waals surface area contributed by atoms with Gasteiger partial charge in [0.2, 0.25) is 11.8 Å². The van der Waals surface area contributed by atoms with E-state index < -0.39 is 23.5 Å². The molecule has 1 aromatic carbocycles. The predicted octanol–water partition coefficient (Wildman–Crippen LogP) is 2.66. The van der Waals surface area contributed by atoms with Crippen molar-refractivity contribution < 1.29 is 14.4 Å². The van der Waals surface area contributed by atoms with Crippen LogP contribution in [0.15, 0.2) is 24.3 Å². The molecule has 150 valence electrons. The number of nitrogens with one attached hydrogen (secondary N) is 3. The Morgan fingerprint density at radius 1 is 1.15 bits per heavy atom. The van der Waals surface area contributed by atoms with Crippen molar-refractivity contribution in [2.75, 3.05) is 18.4 Å². The van der Waals surface area contributed by atoms with Gasteiger partial charge in [-0.3, -0.25) is 19.8 Å². The Bertz CT molecular complexity index is 667. The number of imide groups is 1. The smallest absolute Gasteiger partial charge is 0.321 e. The third-order valence-corrected chi connectivity index (χ3v) is 3.93. The Hall–Kier alpha value is -2.41. The second kappa shape index (κ2) is 10.1. The molecule has 7 nitrogen and oxygen atoms in total. The van der Waals surface area contributed by atoms with Gasteiger partial charge in [0.25, 0.3) is 0 Å². The number of amides is 4. The summed E-state index contributed by atoms with van der Waals surface area (Å²) in [6.07, 6.45) is 0.781. The van der Waals surface area contributed by atoms with Gasteiger partial charge in [-0.05, 0) is 59.2 Å². The van der Waals surface area contributed by atoms with E-state index in [9.17, 15) is 14.4 Å². The molecule has 1 unspecified atom stereocenters. The van der Waals surface area contributed by atoms with Gasteiger partial charge in [-0.1, -0.05) is 25.1 Å². The van der Waals surface area contributed by atoms with Crippen LogP contribution in [0.3, 0.4) is 0 Å². The summed E-state index contributed by atoms with van der Waals surface area (Å²) in [6, 6.07) is 6.37. The number of benzene rings is 1. The van der Waals surface area contributed by atoms with Crippen molar-refractivity contribution in [1.29, 1.82) is 0 Å². The number of anilines is 1. The minimum atomic E-state index is -0.613. The highest BCUT2D eigenvalue weighted by Crippen LogP contribution is 2.13. The van der Waals surface area contributed by atoms with Crippen LogP contribution in [0.2, 0.25) is 0 Å². The maximum absolute atomic E-state index is 12.4. The first-order valence-corrected chi connectivity index (χ1v) is 9.26. The van der Waals surface area contributed by atoms with E-state index in [2.05, 4.69) is 16.0 Å². The summed E-state index contributed by atoms with van der Waals surface area (Å²) in [5.74, 6) is -0.634. The van der Waals surface area contributed by atoms with E-state index in [1.54, 1.807) is 11.8 Å². The van der Waals surface area contributed by atoms with E-state index in [4.69, 9.17) is 0 Å². The Kier molecular flexibility index (Phi) is 8.43. The predicted molar refractivity (Wildman–Crippen MR) is 108 cm³/mol. The average molecular weight is 377 g/mol. The van der Waals surface area contributed by atoms with Crippen molar-refractivity contribution in [2.45, 2.75) is 59.5 Å². The topological polar surface area (TPSA) is 90.5 Å². The molecule has 0 aliphatic rings. The second-order valence-electron chi connectivity index (χ2n) is 7.70. The monoisotopic (exact) mass is 376 g/mol. The maximum Gasteiger partial charge on any atom is 0.321 e. The standard InChI is InChI=1S/C20H32N4O3/c1-7-12-24(13-17(25)21-16-11-9-8-10-14(16)2)15(3)18(26)22-19(27)23-20(4,5)6/h8-11,15H,7,12-13H2,1-6H3,(H,21,25)(H2,22,23,26,27). The van der Waals surface area contributed by atoms with Gasteiger partial charge < -0.3 is 10.6 Å². The van der Waals surface area contributed by atoms with E-state index in [1.165, 1.54) is 0 Å². The first-order chi connectivity index (χ1) is 12.5. The molecular weight excluding hydrogens is 344 g/mol. The molecule has 1 atom stereocenters. The minimum absolute atomic E-state index is 0.0671. The molecule has 3 N–H and O–H groups in total. The van der Waals surface area contributed by atoms with E-state index in [1.807, 2.05) is 58.9 Å². The Labute approximate surface area is 161 Å². The Morgan fingerprint density at radius 3 is 2.33 bits per heavy atom. The van der Waals surface area contributed by atoms with Crippen LogP contribution in [0.5, 0.6) is 0 Å². The fraction of sp³-hybridized carbons (Fsp3) is 0.550. The van der Waals surface area contributed by atoms with Gasteiger partial charge >= 0.3 is 6.03 Å². The molecule has 0 aliphatic heterocycles. The molecule has 0 saturated heterocycles. The van der Waals surface area contributed by atoms with Crippen molar-refractivity contribution >= 4 is 23.5 Å². The summed E-state index contributed by atoms with van der Waals surface area (Å²) in [5, 5.41) is 7.90. The van der Waals surface area contributed by atoms with Crippen LogP contribution in [0, 0.1) is 6.92 Å². The largest absolute Gasteiger partial charge is 0.333 e. The number of nitrogens with zero attached hydrogens (tertiary/aromatic N) is 1. The zero-order chi connectivity index (χ0) is 20.6. The molecule has 0 radical (unpaired) electrons. The van der Waals surface area contributed by atoms with Crippen molar-refractivity contribution in [2.24, 2.45) is 0 Å². The van der Waals surface area contributed by atoms with E-state index in [-0.39, 0.29) is 12.5 Å². The molecule has 0 bridgehead atoms. The summed E-state index contributed by atoms with van der Waals surface area (Å²) in [7, 11) is 0. The highest BCUT2D eigenvalue weighted by molar-refractivity contribution is 5.98. The van der Waals surface area contributed by atoms with Gasteiger partial charge in [-0.25, -0.2) is 4.79 Å². The van der Waals surface area contributed by atoms with Gasteiger partial charge in [-0.15, -0.1) is 0 Å². The lowest BCUT2D eigenvalue weighted by Crippen LogP contribution is -2.54. The van der Waals surface area contributed by atoms with Crippen LogP contribution < -0.4 is 16.0 Å². The minimum Gasteiger partial charge on any atom is -0.333 e. The molecule has 0 aromatic heterocycles.